The fourth-order valence-corrected chi connectivity index (χ4v) is 1.29. The predicted octanol–water partition coefficient (Wildman–Crippen LogP) is 1.36. The van der Waals surface area contributed by atoms with Gasteiger partial charge in [-0.3, -0.25) is 4.79 Å². The van der Waals surface area contributed by atoms with E-state index in [1.165, 1.54) is 0 Å². The van der Waals surface area contributed by atoms with E-state index >= 15 is 0 Å². The third-order valence-corrected chi connectivity index (χ3v) is 1.97. The first-order valence-electron chi connectivity index (χ1n) is 4.71. The van der Waals surface area contributed by atoms with Crippen LogP contribution in [0.15, 0.2) is 4.52 Å². The second kappa shape index (κ2) is 4.26. The lowest BCUT2D eigenvalue weighted by Crippen LogP contribution is -2.31. The molecule has 0 aliphatic rings. The van der Waals surface area contributed by atoms with E-state index in [-0.39, 0.29) is 11.9 Å². The second-order valence-corrected chi connectivity index (χ2v) is 3.70. The van der Waals surface area contributed by atoms with Crippen molar-refractivity contribution in [2.24, 2.45) is 0 Å². The van der Waals surface area contributed by atoms with Gasteiger partial charge in [0.25, 0.3) is 0 Å². The monoisotopic (exact) mass is 196 g/mol. The summed E-state index contributed by atoms with van der Waals surface area (Å²) in [6, 6.07) is 0.169. The molecule has 78 valence electrons. The number of amides is 1. The van der Waals surface area contributed by atoms with Gasteiger partial charge in [0.15, 0.2) is 0 Å². The normalized spacial score (nSPS) is 10.6. The van der Waals surface area contributed by atoms with Gasteiger partial charge in [-0.2, -0.15) is 0 Å². The molecular formula is C10H16N2O2. The quantitative estimate of drug-likeness (QED) is 0.794. The van der Waals surface area contributed by atoms with Crippen molar-refractivity contribution in [3.8, 4) is 0 Å². The molecule has 4 heteroatoms. The van der Waals surface area contributed by atoms with E-state index in [9.17, 15) is 4.79 Å². The zero-order valence-electron chi connectivity index (χ0n) is 9.05. The molecule has 1 rings (SSSR count). The number of aryl methyl sites for hydroxylation is 2. The summed E-state index contributed by atoms with van der Waals surface area (Å²) in [5.74, 6) is 0.732. The highest BCUT2D eigenvalue weighted by Crippen LogP contribution is 2.12. The lowest BCUT2D eigenvalue weighted by Gasteiger charge is -2.07. The van der Waals surface area contributed by atoms with Crippen molar-refractivity contribution in [3.63, 3.8) is 0 Å². The van der Waals surface area contributed by atoms with Crippen LogP contribution in [0.5, 0.6) is 0 Å². The minimum Gasteiger partial charge on any atom is -0.361 e. The van der Waals surface area contributed by atoms with Gasteiger partial charge in [-0.25, -0.2) is 0 Å². The van der Waals surface area contributed by atoms with Crippen LogP contribution in [0.1, 0.15) is 30.9 Å². The van der Waals surface area contributed by atoms with Crippen molar-refractivity contribution in [1.29, 1.82) is 0 Å². The molecule has 14 heavy (non-hydrogen) atoms. The Labute approximate surface area is 83.7 Å². The van der Waals surface area contributed by atoms with Gasteiger partial charge in [0.05, 0.1) is 12.1 Å². The maximum atomic E-state index is 11.4. The van der Waals surface area contributed by atoms with Gasteiger partial charge < -0.3 is 9.84 Å². The van der Waals surface area contributed by atoms with Crippen LogP contribution in [0.3, 0.4) is 0 Å². The molecule has 1 N–H and O–H groups in total. The Hall–Kier alpha value is -1.32. The van der Waals surface area contributed by atoms with Crippen molar-refractivity contribution in [2.45, 2.75) is 40.2 Å². The molecule has 0 saturated carbocycles. The Morgan fingerprint density at radius 1 is 1.50 bits per heavy atom. The van der Waals surface area contributed by atoms with Crippen LogP contribution in [0.2, 0.25) is 0 Å². The molecule has 0 aromatic carbocycles. The van der Waals surface area contributed by atoms with Crippen LogP contribution in [-0.2, 0) is 11.2 Å². The van der Waals surface area contributed by atoms with E-state index in [1.807, 2.05) is 27.7 Å². The number of nitrogens with one attached hydrogen (secondary N) is 1. The minimum atomic E-state index is 0.00870. The molecule has 1 aromatic rings. The lowest BCUT2D eigenvalue weighted by molar-refractivity contribution is -0.120. The van der Waals surface area contributed by atoms with E-state index in [2.05, 4.69) is 10.5 Å². The number of hydrogen-bond donors (Lipinski definition) is 1. The average Bonchev–Trinajstić information content (AvgIpc) is 2.34. The van der Waals surface area contributed by atoms with Crippen LogP contribution in [0.4, 0.5) is 0 Å². The van der Waals surface area contributed by atoms with Crippen molar-refractivity contribution < 1.29 is 9.32 Å². The zero-order valence-corrected chi connectivity index (χ0v) is 9.05. The molecule has 1 aromatic heterocycles. The summed E-state index contributed by atoms with van der Waals surface area (Å²) < 4.78 is 4.97. The molecular weight excluding hydrogens is 180 g/mol. The average molecular weight is 196 g/mol. The van der Waals surface area contributed by atoms with E-state index in [0.29, 0.717) is 6.42 Å². The fraction of sp³-hybridized carbons (Fsp3) is 0.600. The van der Waals surface area contributed by atoms with Crippen LogP contribution in [0.25, 0.3) is 0 Å². The molecule has 1 amide bonds. The van der Waals surface area contributed by atoms with Gasteiger partial charge in [0, 0.05) is 11.6 Å². The van der Waals surface area contributed by atoms with E-state index in [1.54, 1.807) is 0 Å². The van der Waals surface area contributed by atoms with E-state index < -0.39 is 0 Å². The molecule has 0 unspecified atom stereocenters. The topological polar surface area (TPSA) is 55.1 Å². The summed E-state index contributed by atoms with van der Waals surface area (Å²) in [6.45, 7) is 7.53. The molecule has 0 saturated heterocycles. The highest BCUT2D eigenvalue weighted by Gasteiger charge is 2.13. The molecule has 0 radical (unpaired) electrons. The highest BCUT2D eigenvalue weighted by atomic mass is 16.5. The summed E-state index contributed by atoms with van der Waals surface area (Å²) in [5.41, 5.74) is 1.68. The summed E-state index contributed by atoms with van der Waals surface area (Å²) in [5, 5.41) is 6.62. The van der Waals surface area contributed by atoms with Gasteiger partial charge in [-0.05, 0) is 27.7 Å². The summed E-state index contributed by atoms with van der Waals surface area (Å²) in [7, 11) is 0. The van der Waals surface area contributed by atoms with Crippen LogP contribution in [-0.4, -0.2) is 17.1 Å². The molecule has 0 spiro atoms. The molecule has 0 atom stereocenters. The van der Waals surface area contributed by atoms with Crippen molar-refractivity contribution >= 4 is 5.91 Å². The second-order valence-electron chi connectivity index (χ2n) is 3.70. The standard InChI is InChI=1S/C10H16N2O2/c1-6(2)11-10(13)5-9-7(3)12-14-8(9)4/h6H,5H2,1-4H3,(H,11,13). The van der Waals surface area contributed by atoms with Crippen molar-refractivity contribution in [3.05, 3.63) is 17.0 Å². The number of rotatable bonds is 3. The SMILES string of the molecule is Cc1noc(C)c1CC(=O)NC(C)C. The van der Waals surface area contributed by atoms with Gasteiger partial charge in [-0.1, -0.05) is 5.16 Å². The Morgan fingerprint density at radius 2 is 2.14 bits per heavy atom. The molecule has 0 bridgehead atoms. The smallest absolute Gasteiger partial charge is 0.224 e. The van der Waals surface area contributed by atoms with E-state index in [0.717, 1.165) is 17.0 Å². The van der Waals surface area contributed by atoms with Gasteiger partial charge >= 0.3 is 0 Å². The third kappa shape index (κ3) is 2.58. The van der Waals surface area contributed by atoms with Gasteiger partial charge in [-0.15, -0.1) is 0 Å². The molecule has 0 aliphatic carbocycles. The Balaban J connectivity index is 2.64. The van der Waals surface area contributed by atoms with Gasteiger partial charge in [0.1, 0.15) is 5.76 Å². The number of nitrogens with zero attached hydrogens (tertiary/aromatic N) is 1. The molecule has 0 fully saturated rings. The maximum absolute atomic E-state index is 11.4. The predicted molar refractivity (Wildman–Crippen MR) is 53.0 cm³/mol. The Bertz CT molecular complexity index is 309. The first-order chi connectivity index (χ1) is 6.50. The number of carbonyl (C=O) groups excluding carboxylic acids is 1. The Morgan fingerprint density at radius 3 is 2.57 bits per heavy atom. The maximum Gasteiger partial charge on any atom is 0.224 e. The first-order valence-corrected chi connectivity index (χ1v) is 4.71. The number of hydrogen-bond acceptors (Lipinski definition) is 3. The largest absolute Gasteiger partial charge is 0.361 e. The first kappa shape index (κ1) is 10.8. The highest BCUT2D eigenvalue weighted by molar-refractivity contribution is 5.79. The Kier molecular flexibility index (Phi) is 3.28. The number of aromatic nitrogens is 1. The summed E-state index contributed by atoms with van der Waals surface area (Å²) in [6.07, 6.45) is 0.347. The minimum absolute atomic E-state index is 0.00870. The van der Waals surface area contributed by atoms with Crippen molar-refractivity contribution in [2.75, 3.05) is 0 Å². The summed E-state index contributed by atoms with van der Waals surface area (Å²) in [4.78, 5) is 11.4. The lowest BCUT2D eigenvalue weighted by atomic mass is 10.1. The van der Waals surface area contributed by atoms with Crippen LogP contribution < -0.4 is 5.32 Å². The summed E-state index contributed by atoms with van der Waals surface area (Å²) >= 11 is 0. The molecule has 1 heterocycles. The molecule has 0 aliphatic heterocycles. The fourth-order valence-electron chi connectivity index (χ4n) is 1.29. The van der Waals surface area contributed by atoms with E-state index in [4.69, 9.17) is 4.52 Å². The van der Waals surface area contributed by atoms with Crippen LogP contribution in [0, 0.1) is 13.8 Å². The molecule has 4 nitrogen and oxygen atoms in total. The van der Waals surface area contributed by atoms with Crippen LogP contribution >= 0.6 is 0 Å². The zero-order chi connectivity index (χ0) is 10.7. The number of carbonyl (C=O) groups is 1. The van der Waals surface area contributed by atoms with Gasteiger partial charge in [0.2, 0.25) is 5.91 Å². The van der Waals surface area contributed by atoms with Crippen molar-refractivity contribution in [1.82, 2.24) is 10.5 Å². The third-order valence-electron chi connectivity index (χ3n) is 1.97.